The van der Waals surface area contributed by atoms with Gasteiger partial charge in [0.2, 0.25) is 0 Å². The van der Waals surface area contributed by atoms with Gasteiger partial charge < -0.3 is 5.73 Å². The van der Waals surface area contributed by atoms with E-state index in [-0.39, 0.29) is 5.25 Å². The molecule has 0 aliphatic rings. The van der Waals surface area contributed by atoms with E-state index in [0.29, 0.717) is 6.54 Å². The van der Waals surface area contributed by atoms with Crippen molar-refractivity contribution in [2.75, 3.05) is 6.54 Å². The summed E-state index contributed by atoms with van der Waals surface area (Å²) in [4.78, 5) is 0. The number of halogens is 2. The lowest BCUT2D eigenvalue weighted by molar-refractivity contribution is 0.940. The minimum Gasteiger partial charge on any atom is -0.329 e. The van der Waals surface area contributed by atoms with Crippen LogP contribution in [0.1, 0.15) is 16.4 Å². The lowest BCUT2D eigenvalue weighted by atomic mass is 10.1. The zero-order valence-electron chi connectivity index (χ0n) is 10.4. The van der Waals surface area contributed by atoms with Gasteiger partial charge in [-0.15, -0.1) is 11.8 Å². The van der Waals surface area contributed by atoms with Crippen LogP contribution in [-0.2, 0) is 5.75 Å². The molecule has 2 aromatic rings. The Bertz CT molecular complexity index is 528. The first-order valence-electron chi connectivity index (χ1n) is 6.01. The van der Waals surface area contributed by atoms with E-state index in [9.17, 15) is 0 Å². The topological polar surface area (TPSA) is 26.0 Å². The van der Waals surface area contributed by atoms with Crippen LogP contribution in [0.2, 0.25) is 10.0 Å². The van der Waals surface area contributed by atoms with Gasteiger partial charge in [-0.2, -0.15) is 0 Å². The zero-order valence-corrected chi connectivity index (χ0v) is 12.7. The third kappa shape index (κ3) is 4.15. The smallest absolute Gasteiger partial charge is 0.0446 e. The van der Waals surface area contributed by atoms with Gasteiger partial charge in [-0.25, -0.2) is 0 Å². The molecule has 0 saturated heterocycles. The minimum absolute atomic E-state index is 0.258. The molecule has 0 aliphatic heterocycles. The fourth-order valence-electron chi connectivity index (χ4n) is 1.78. The first-order valence-corrected chi connectivity index (χ1v) is 7.81. The fourth-order valence-corrected chi connectivity index (χ4v) is 3.31. The zero-order chi connectivity index (χ0) is 13.7. The molecule has 1 unspecified atom stereocenters. The molecule has 4 heteroatoms. The highest BCUT2D eigenvalue weighted by Gasteiger charge is 2.11. The molecule has 0 fully saturated rings. The number of hydrogen-bond donors (Lipinski definition) is 1. The lowest BCUT2D eigenvalue weighted by Crippen LogP contribution is -2.09. The Morgan fingerprint density at radius 2 is 1.68 bits per heavy atom. The molecule has 2 N–H and O–H groups in total. The van der Waals surface area contributed by atoms with Crippen LogP contribution in [0.15, 0.2) is 48.5 Å². The predicted molar refractivity (Wildman–Crippen MR) is 86.0 cm³/mol. The third-order valence-electron chi connectivity index (χ3n) is 2.85. The summed E-state index contributed by atoms with van der Waals surface area (Å²) in [6, 6.07) is 15.8. The van der Waals surface area contributed by atoms with Gasteiger partial charge in [0.25, 0.3) is 0 Å². The Morgan fingerprint density at radius 3 is 2.32 bits per heavy atom. The molecule has 0 radical (unpaired) electrons. The van der Waals surface area contributed by atoms with E-state index in [2.05, 4.69) is 0 Å². The van der Waals surface area contributed by atoms with Crippen molar-refractivity contribution in [2.45, 2.75) is 11.0 Å². The monoisotopic (exact) mass is 311 g/mol. The molecular formula is C15H15Cl2NS. The van der Waals surface area contributed by atoms with E-state index in [4.69, 9.17) is 28.9 Å². The second-order valence-corrected chi connectivity index (χ2v) is 6.21. The quantitative estimate of drug-likeness (QED) is 0.847. The molecule has 2 rings (SSSR count). The maximum atomic E-state index is 6.16. The Hall–Kier alpha value is -0.670. The second kappa shape index (κ2) is 7.20. The van der Waals surface area contributed by atoms with Crippen LogP contribution in [0.4, 0.5) is 0 Å². The summed E-state index contributed by atoms with van der Waals surface area (Å²) in [6.45, 7) is 0.594. The Morgan fingerprint density at radius 1 is 1.00 bits per heavy atom. The number of thioether (sulfide) groups is 1. The summed E-state index contributed by atoms with van der Waals surface area (Å²) in [5.41, 5.74) is 8.20. The SMILES string of the molecule is NCC(SCc1ccccc1Cl)c1ccc(Cl)cc1. The maximum Gasteiger partial charge on any atom is 0.0446 e. The highest BCUT2D eigenvalue weighted by atomic mass is 35.5. The molecule has 2 aromatic carbocycles. The maximum absolute atomic E-state index is 6.16. The van der Waals surface area contributed by atoms with Gasteiger partial charge in [0.05, 0.1) is 0 Å². The molecule has 1 atom stereocenters. The van der Waals surface area contributed by atoms with Crippen LogP contribution in [0.25, 0.3) is 0 Å². The average Bonchev–Trinajstić information content (AvgIpc) is 2.43. The molecule has 1 nitrogen and oxygen atoms in total. The number of hydrogen-bond acceptors (Lipinski definition) is 2. The number of benzene rings is 2. The van der Waals surface area contributed by atoms with Crippen LogP contribution in [0.5, 0.6) is 0 Å². The van der Waals surface area contributed by atoms with Gasteiger partial charge in [0, 0.05) is 27.6 Å². The van der Waals surface area contributed by atoms with Crippen LogP contribution in [0.3, 0.4) is 0 Å². The van der Waals surface area contributed by atoms with Gasteiger partial charge in [-0.05, 0) is 29.3 Å². The van der Waals surface area contributed by atoms with E-state index in [1.165, 1.54) is 5.56 Å². The van der Waals surface area contributed by atoms with Crippen molar-refractivity contribution in [3.8, 4) is 0 Å². The van der Waals surface area contributed by atoms with Gasteiger partial charge in [-0.1, -0.05) is 53.5 Å². The average molecular weight is 312 g/mol. The summed E-state index contributed by atoms with van der Waals surface area (Å²) >= 11 is 13.8. The van der Waals surface area contributed by atoms with Crippen molar-refractivity contribution in [1.29, 1.82) is 0 Å². The molecule has 0 aliphatic carbocycles. The normalized spacial score (nSPS) is 12.4. The number of nitrogens with two attached hydrogens (primary N) is 1. The predicted octanol–water partition coefficient (Wildman–Crippen LogP) is 4.93. The van der Waals surface area contributed by atoms with Gasteiger partial charge in [0.15, 0.2) is 0 Å². The van der Waals surface area contributed by atoms with Crippen LogP contribution in [-0.4, -0.2) is 6.54 Å². The van der Waals surface area contributed by atoms with Crippen LogP contribution < -0.4 is 5.73 Å². The molecule has 0 spiro atoms. The first kappa shape index (κ1) is 14.7. The van der Waals surface area contributed by atoms with Crippen LogP contribution in [0, 0.1) is 0 Å². The van der Waals surface area contributed by atoms with E-state index in [0.717, 1.165) is 21.4 Å². The minimum atomic E-state index is 0.258. The molecule has 0 heterocycles. The Balaban J connectivity index is 2.04. The van der Waals surface area contributed by atoms with Gasteiger partial charge in [-0.3, -0.25) is 0 Å². The molecule has 0 amide bonds. The third-order valence-corrected chi connectivity index (χ3v) is 4.82. The summed E-state index contributed by atoms with van der Waals surface area (Å²) in [5.74, 6) is 0.851. The van der Waals surface area contributed by atoms with Crippen molar-refractivity contribution in [2.24, 2.45) is 5.73 Å². The summed E-state index contributed by atoms with van der Waals surface area (Å²) in [5, 5.41) is 1.81. The van der Waals surface area contributed by atoms with Crippen molar-refractivity contribution < 1.29 is 0 Å². The highest BCUT2D eigenvalue weighted by Crippen LogP contribution is 2.32. The Labute approximate surface area is 128 Å². The first-order chi connectivity index (χ1) is 9.20. The van der Waals surface area contributed by atoms with Gasteiger partial charge >= 0.3 is 0 Å². The van der Waals surface area contributed by atoms with Crippen molar-refractivity contribution in [1.82, 2.24) is 0 Å². The van der Waals surface area contributed by atoms with Crippen molar-refractivity contribution in [3.63, 3.8) is 0 Å². The summed E-state index contributed by atoms with van der Waals surface area (Å²) in [7, 11) is 0. The van der Waals surface area contributed by atoms with Crippen molar-refractivity contribution >= 4 is 35.0 Å². The summed E-state index contributed by atoms with van der Waals surface area (Å²) in [6.07, 6.45) is 0. The van der Waals surface area contributed by atoms with E-state index in [1.807, 2.05) is 48.5 Å². The van der Waals surface area contributed by atoms with Gasteiger partial charge in [0.1, 0.15) is 0 Å². The second-order valence-electron chi connectivity index (χ2n) is 4.18. The van der Waals surface area contributed by atoms with Crippen molar-refractivity contribution in [3.05, 3.63) is 69.7 Å². The van der Waals surface area contributed by atoms with E-state index >= 15 is 0 Å². The fraction of sp³-hybridized carbons (Fsp3) is 0.200. The molecular weight excluding hydrogens is 297 g/mol. The largest absolute Gasteiger partial charge is 0.329 e. The molecule has 0 aromatic heterocycles. The highest BCUT2D eigenvalue weighted by molar-refractivity contribution is 7.98. The summed E-state index contributed by atoms with van der Waals surface area (Å²) < 4.78 is 0. The molecule has 0 saturated carbocycles. The lowest BCUT2D eigenvalue weighted by Gasteiger charge is -2.15. The Kier molecular flexibility index (Phi) is 5.59. The van der Waals surface area contributed by atoms with E-state index in [1.54, 1.807) is 11.8 Å². The standard InChI is InChI=1S/C15H15Cl2NS/c16-13-7-5-11(6-8-13)15(9-18)19-10-12-3-1-2-4-14(12)17/h1-8,15H,9-10,18H2. The van der Waals surface area contributed by atoms with Crippen LogP contribution >= 0.6 is 35.0 Å². The molecule has 0 bridgehead atoms. The van der Waals surface area contributed by atoms with E-state index < -0.39 is 0 Å². The molecule has 100 valence electrons. The number of rotatable bonds is 5. The molecule has 19 heavy (non-hydrogen) atoms.